The molecule has 27 heavy (non-hydrogen) atoms. The largest absolute Gasteiger partial charge is 0.326 e. The Morgan fingerprint density at radius 1 is 1.15 bits per heavy atom. The molecule has 2 aliphatic heterocycles. The lowest BCUT2D eigenvalue weighted by atomic mass is 9.79. The highest BCUT2D eigenvalue weighted by Crippen LogP contribution is 2.65. The van der Waals surface area contributed by atoms with Gasteiger partial charge in [-0.15, -0.1) is 23.5 Å². The zero-order chi connectivity index (χ0) is 18.4. The zero-order valence-electron chi connectivity index (χ0n) is 15.5. The summed E-state index contributed by atoms with van der Waals surface area (Å²) >= 11 is 4.34. The zero-order valence-corrected chi connectivity index (χ0v) is 17.1. The molecular formula is C21H26N2O2S2. The van der Waals surface area contributed by atoms with Crippen LogP contribution in [0.4, 0.5) is 11.4 Å². The molecule has 0 aromatic heterocycles. The van der Waals surface area contributed by atoms with E-state index >= 15 is 0 Å². The van der Waals surface area contributed by atoms with E-state index < -0.39 is 0 Å². The molecule has 3 atom stereocenters. The van der Waals surface area contributed by atoms with Crippen molar-refractivity contribution in [1.29, 1.82) is 0 Å². The molecule has 2 amide bonds. The summed E-state index contributed by atoms with van der Waals surface area (Å²) in [7, 11) is 0. The number of nitrogens with one attached hydrogen (secondary N) is 1. The van der Waals surface area contributed by atoms with Crippen LogP contribution in [0, 0.1) is 17.8 Å². The maximum absolute atomic E-state index is 13.0. The monoisotopic (exact) mass is 402 g/mol. The van der Waals surface area contributed by atoms with Crippen LogP contribution < -0.4 is 10.2 Å². The van der Waals surface area contributed by atoms with Gasteiger partial charge in [0.1, 0.15) is 0 Å². The quantitative estimate of drug-likeness (QED) is 0.816. The molecule has 2 aliphatic carbocycles. The first-order chi connectivity index (χ1) is 13.2. The Balaban J connectivity index is 1.27. The fraction of sp³-hybridized carbons (Fsp3) is 0.619. The number of carbonyl (C=O) groups is 2. The molecule has 2 bridgehead atoms. The molecule has 1 spiro atoms. The first-order valence-corrected chi connectivity index (χ1v) is 12.1. The van der Waals surface area contributed by atoms with Crippen LogP contribution in [-0.4, -0.2) is 33.9 Å². The molecule has 2 saturated carbocycles. The summed E-state index contributed by atoms with van der Waals surface area (Å²) in [6.45, 7) is 0.777. The van der Waals surface area contributed by atoms with Crippen LogP contribution in [0.1, 0.15) is 38.5 Å². The van der Waals surface area contributed by atoms with Crippen molar-refractivity contribution in [2.45, 2.75) is 42.6 Å². The number of carbonyl (C=O) groups excluding carboxylic acids is 2. The Morgan fingerprint density at radius 2 is 1.89 bits per heavy atom. The minimum absolute atomic E-state index is 0.131. The van der Waals surface area contributed by atoms with Gasteiger partial charge in [-0.05, 0) is 62.1 Å². The van der Waals surface area contributed by atoms with Crippen molar-refractivity contribution in [3.05, 3.63) is 24.3 Å². The van der Waals surface area contributed by atoms with Gasteiger partial charge in [-0.2, -0.15) is 0 Å². The lowest BCUT2D eigenvalue weighted by Crippen LogP contribution is -2.41. The first kappa shape index (κ1) is 17.9. The van der Waals surface area contributed by atoms with E-state index in [0.717, 1.165) is 37.2 Å². The Bertz CT molecular complexity index is 746. The van der Waals surface area contributed by atoms with Gasteiger partial charge in [0.05, 0.1) is 4.08 Å². The molecule has 4 fully saturated rings. The Morgan fingerprint density at radius 3 is 2.56 bits per heavy atom. The summed E-state index contributed by atoms with van der Waals surface area (Å²) in [5.41, 5.74) is 1.71. The maximum Gasteiger partial charge on any atom is 0.227 e. The van der Waals surface area contributed by atoms with Crippen LogP contribution in [0.15, 0.2) is 24.3 Å². The highest BCUT2D eigenvalue weighted by Gasteiger charge is 2.57. The third kappa shape index (κ3) is 3.09. The van der Waals surface area contributed by atoms with Crippen molar-refractivity contribution < 1.29 is 9.59 Å². The molecule has 144 valence electrons. The van der Waals surface area contributed by atoms with E-state index in [1.807, 2.05) is 29.2 Å². The van der Waals surface area contributed by atoms with Crippen molar-refractivity contribution >= 4 is 46.7 Å². The Kier molecular flexibility index (Phi) is 4.67. The minimum atomic E-state index is 0.131. The molecule has 4 nitrogen and oxygen atoms in total. The molecule has 1 N–H and O–H groups in total. The number of nitrogens with zero attached hydrogens (tertiary/aromatic N) is 1. The summed E-state index contributed by atoms with van der Waals surface area (Å²) in [5.74, 6) is 4.41. The van der Waals surface area contributed by atoms with E-state index in [0.29, 0.717) is 22.3 Å². The second kappa shape index (κ2) is 7.03. The predicted octanol–water partition coefficient (Wildman–Crippen LogP) is 4.36. The van der Waals surface area contributed by atoms with E-state index in [1.54, 1.807) is 0 Å². The lowest BCUT2D eigenvalue weighted by molar-refractivity contribution is -0.121. The summed E-state index contributed by atoms with van der Waals surface area (Å²) in [4.78, 5) is 26.8. The highest BCUT2D eigenvalue weighted by atomic mass is 32.2. The third-order valence-corrected chi connectivity index (χ3v) is 10.8. The van der Waals surface area contributed by atoms with E-state index in [1.165, 1.54) is 24.3 Å². The average molecular weight is 403 g/mol. The minimum Gasteiger partial charge on any atom is -0.326 e. The number of hydrogen-bond acceptors (Lipinski definition) is 4. The van der Waals surface area contributed by atoms with Crippen molar-refractivity contribution in [1.82, 2.24) is 0 Å². The molecule has 1 aromatic carbocycles. The molecule has 0 radical (unpaired) electrons. The predicted molar refractivity (Wildman–Crippen MR) is 113 cm³/mol. The van der Waals surface area contributed by atoms with Gasteiger partial charge in [-0.1, -0.05) is 6.07 Å². The van der Waals surface area contributed by atoms with Crippen LogP contribution in [0.5, 0.6) is 0 Å². The van der Waals surface area contributed by atoms with Gasteiger partial charge >= 0.3 is 0 Å². The smallest absolute Gasteiger partial charge is 0.227 e. The van der Waals surface area contributed by atoms with Crippen LogP contribution in [0.25, 0.3) is 0 Å². The van der Waals surface area contributed by atoms with Gasteiger partial charge in [0.25, 0.3) is 0 Å². The Hall–Kier alpha value is -1.14. The highest BCUT2D eigenvalue weighted by molar-refractivity contribution is 8.21. The van der Waals surface area contributed by atoms with Crippen LogP contribution >= 0.6 is 23.5 Å². The van der Waals surface area contributed by atoms with Gasteiger partial charge in [0.15, 0.2) is 0 Å². The molecule has 1 aromatic rings. The fourth-order valence-corrected chi connectivity index (χ4v) is 9.47. The number of hydrogen-bond donors (Lipinski definition) is 1. The van der Waals surface area contributed by atoms with Crippen molar-refractivity contribution in [2.24, 2.45) is 17.8 Å². The second-order valence-electron chi connectivity index (χ2n) is 8.25. The normalized spacial score (nSPS) is 31.6. The molecule has 6 heteroatoms. The molecule has 4 aliphatic rings. The van der Waals surface area contributed by atoms with Crippen LogP contribution in [-0.2, 0) is 9.59 Å². The molecule has 1 unspecified atom stereocenters. The number of thioether (sulfide) groups is 2. The van der Waals surface area contributed by atoms with E-state index in [4.69, 9.17) is 0 Å². The third-order valence-electron chi connectivity index (χ3n) is 6.75. The summed E-state index contributed by atoms with van der Waals surface area (Å²) in [5, 5.41) is 3.15. The second-order valence-corrected chi connectivity index (χ2v) is 11.2. The summed E-state index contributed by atoms with van der Waals surface area (Å²) < 4.78 is 0.423. The van der Waals surface area contributed by atoms with Gasteiger partial charge in [-0.3, -0.25) is 9.59 Å². The van der Waals surface area contributed by atoms with E-state index in [-0.39, 0.29) is 17.7 Å². The topological polar surface area (TPSA) is 49.4 Å². The summed E-state index contributed by atoms with van der Waals surface area (Å²) in [6.07, 6.45) is 6.19. The van der Waals surface area contributed by atoms with Crippen molar-refractivity contribution in [2.75, 3.05) is 28.3 Å². The molecule has 2 heterocycles. The van der Waals surface area contributed by atoms with E-state index in [9.17, 15) is 9.59 Å². The number of benzene rings is 1. The Labute approximate surface area is 169 Å². The van der Waals surface area contributed by atoms with Crippen LogP contribution in [0.2, 0.25) is 0 Å². The molecular weight excluding hydrogens is 376 g/mol. The molecule has 5 rings (SSSR count). The van der Waals surface area contributed by atoms with Crippen molar-refractivity contribution in [3.63, 3.8) is 0 Å². The first-order valence-electron chi connectivity index (χ1n) is 10.1. The standard InChI is InChI=1S/C21H26N2O2S2/c24-19-5-2-8-23(19)18-4-1-3-17(13-18)22-20(25)14-11-15-6-7-16(12-14)21(15)26-9-10-27-21/h1,3-4,13-16H,2,5-12H2,(H,22,25)/t14?,15-,16+. The van der Waals surface area contributed by atoms with Crippen molar-refractivity contribution in [3.8, 4) is 0 Å². The fourth-order valence-electron chi connectivity index (χ4n) is 5.53. The van der Waals surface area contributed by atoms with Gasteiger partial charge in [-0.25, -0.2) is 0 Å². The number of amides is 2. The van der Waals surface area contributed by atoms with Gasteiger partial charge in [0, 0.05) is 41.8 Å². The lowest BCUT2D eigenvalue weighted by Gasteiger charge is -2.42. The SMILES string of the molecule is O=C(Nc1cccc(N2CCCC2=O)c1)C1C[C@H]2CC[C@@H](C1)C21SCCS1. The number of rotatable bonds is 3. The summed E-state index contributed by atoms with van der Waals surface area (Å²) in [6, 6.07) is 7.77. The average Bonchev–Trinajstić information content (AvgIpc) is 3.35. The molecule has 2 saturated heterocycles. The van der Waals surface area contributed by atoms with E-state index in [2.05, 4.69) is 28.8 Å². The van der Waals surface area contributed by atoms with Crippen LogP contribution in [0.3, 0.4) is 0 Å². The maximum atomic E-state index is 13.0. The number of anilines is 2. The van der Waals surface area contributed by atoms with Gasteiger partial charge in [0.2, 0.25) is 11.8 Å². The van der Waals surface area contributed by atoms with Gasteiger partial charge < -0.3 is 10.2 Å².